The van der Waals surface area contributed by atoms with Crippen LogP contribution in [0.25, 0.3) is 6.20 Å². The third kappa shape index (κ3) is 3.69. The zero-order valence-electron chi connectivity index (χ0n) is 11.0. The second-order valence-corrected chi connectivity index (χ2v) is 4.84. The van der Waals surface area contributed by atoms with Gasteiger partial charge in [-0.25, -0.2) is 4.68 Å². The van der Waals surface area contributed by atoms with E-state index in [1.54, 1.807) is 10.9 Å². The lowest BCUT2D eigenvalue weighted by Gasteiger charge is -2.17. The Balaban J connectivity index is 1.99. The highest BCUT2D eigenvalue weighted by molar-refractivity contribution is 6.30. The van der Waals surface area contributed by atoms with Crippen LogP contribution in [0, 0.1) is 0 Å². The van der Waals surface area contributed by atoms with E-state index in [-0.39, 0.29) is 0 Å². The average molecular weight is 276 g/mol. The molecule has 100 valence electrons. The first-order valence-electron chi connectivity index (χ1n) is 6.37. The number of hydrogen-bond donors (Lipinski definition) is 1. The Hall–Kier alpha value is -1.58. The summed E-state index contributed by atoms with van der Waals surface area (Å²) in [6.45, 7) is 6.63. The highest BCUT2D eigenvalue weighted by Crippen LogP contribution is 2.19. The van der Waals surface area contributed by atoms with Crippen LogP contribution < -0.4 is 5.32 Å². The van der Waals surface area contributed by atoms with Crippen LogP contribution in [0.1, 0.15) is 30.5 Å². The number of halogens is 1. The second-order valence-electron chi connectivity index (χ2n) is 4.40. The molecule has 0 amide bonds. The molecule has 4 heteroatoms. The van der Waals surface area contributed by atoms with Crippen molar-refractivity contribution < 1.29 is 0 Å². The fraction of sp³-hybridized carbons (Fsp3) is 0.267. The van der Waals surface area contributed by atoms with Crippen molar-refractivity contribution in [2.45, 2.75) is 25.9 Å². The van der Waals surface area contributed by atoms with Crippen LogP contribution in [-0.2, 0) is 6.54 Å². The van der Waals surface area contributed by atoms with Crippen molar-refractivity contribution in [3.05, 3.63) is 59.4 Å². The van der Waals surface area contributed by atoms with Crippen molar-refractivity contribution in [2.24, 2.45) is 0 Å². The lowest BCUT2D eigenvalue weighted by molar-refractivity contribution is 0.519. The van der Waals surface area contributed by atoms with Crippen molar-refractivity contribution in [2.75, 3.05) is 0 Å². The lowest BCUT2D eigenvalue weighted by Crippen LogP contribution is -2.19. The number of rotatable bonds is 6. The molecule has 0 aliphatic carbocycles. The van der Waals surface area contributed by atoms with Crippen LogP contribution in [0.5, 0.6) is 0 Å². The molecule has 0 spiro atoms. The first-order valence-corrected chi connectivity index (χ1v) is 6.75. The highest BCUT2D eigenvalue weighted by atomic mass is 35.5. The van der Waals surface area contributed by atoms with Gasteiger partial charge in [-0.3, -0.25) is 0 Å². The van der Waals surface area contributed by atoms with Crippen molar-refractivity contribution in [1.29, 1.82) is 0 Å². The van der Waals surface area contributed by atoms with Gasteiger partial charge in [0, 0.05) is 35.6 Å². The number of aromatic nitrogens is 2. The SMILES string of the molecule is C=Cn1cc(CNC(CC)c2ccc(Cl)cc2)cn1. The third-order valence-electron chi connectivity index (χ3n) is 3.08. The fourth-order valence-electron chi connectivity index (χ4n) is 2.00. The number of nitrogens with one attached hydrogen (secondary N) is 1. The summed E-state index contributed by atoms with van der Waals surface area (Å²) < 4.78 is 1.71. The van der Waals surface area contributed by atoms with Gasteiger partial charge in [-0.1, -0.05) is 37.2 Å². The minimum atomic E-state index is 0.323. The standard InChI is InChI=1S/C15H18ClN3/c1-3-15(13-5-7-14(16)8-6-13)17-9-12-10-18-19(4-2)11-12/h4-8,10-11,15,17H,2-3,9H2,1H3. The molecule has 1 heterocycles. The van der Waals surface area contributed by atoms with Crippen LogP contribution in [0.15, 0.2) is 43.2 Å². The van der Waals surface area contributed by atoms with Crippen molar-refractivity contribution in [3.8, 4) is 0 Å². The van der Waals surface area contributed by atoms with Gasteiger partial charge in [-0.15, -0.1) is 0 Å². The maximum Gasteiger partial charge on any atom is 0.0538 e. The summed E-state index contributed by atoms with van der Waals surface area (Å²) in [6, 6.07) is 8.31. The first kappa shape index (κ1) is 13.8. The zero-order chi connectivity index (χ0) is 13.7. The topological polar surface area (TPSA) is 29.9 Å². The van der Waals surface area contributed by atoms with Crippen LogP contribution >= 0.6 is 11.6 Å². The van der Waals surface area contributed by atoms with Gasteiger partial charge in [-0.2, -0.15) is 5.10 Å². The van der Waals surface area contributed by atoms with Gasteiger partial charge < -0.3 is 5.32 Å². The molecule has 1 aromatic heterocycles. The molecule has 0 aliphatic heterocycles. The molecule has 0 radical (unpaired) electrons. The van der Waals surface area contributed by atoms with Gasteiger partial charge >= 0.3 is 0 Å². The minimum Gasteiger partial charge on any atom is -0.306 e. The molecule has 0 aliphatic rings. The molecular weight excluding hydrogens is 258 g/mol. The van der Waals surface area contributed by atoms with Gasteiger partial charge in [0.1, 0.15) is 0 Å². The summed E-state index contributed by atoms with van der Waals surface area (Å²) in [6.07, 6.45) is 6.52. The maximum absolute atomic E-state index is 5.91. The number of benzene rings is 1. The molecule has 19 heavy (non-hydrogen) atoms. The van der Waals surface area contributed by atoms with E-state index in [1.165, 1.54) is 5.56 Å². The molecule has 2 aromatic rings. The molecule has 2 rings (SSSR count). The van der Waals surface area contributed by atoms with E-state index in [0.29, 0.717) is 6.04 Å². The smallest absolute Gasteiger partial charge is 0.0538 e. The Morgan fingerprint density at radius 2 is 2.16 bits per heavy atom. The van der Waals surface area contributed by atoms with Gasteiger partial charge in [0.15, 0.2) is 0 Å². The third-order valence-corrected chi connectivity index (χ3v) is 3.33. The summed E-state index contributed by atoms with van der Waals surface area (Å²) in [7, 11) is 0. The molecule has 1 unspecified atom stereocenters. The van der Waals surface area contributed by atoms with Gasteiger partial charge in [0.2, 0.25) is 0 Å². The highest BCUT2D eigenvalue weighted by Gasteiger charge is 2.08. The second kappa shape index (κ2) is 6.55. The van der Waals surface area contributed by atoms with E-state index >= 15 is 0 Å². The summed E-state index contributed by atoms with van der Waals surface area (Å²) in [4.78, 5) is 0. The molecule has 1 N–H and O–H groups in total. The molecule has 1 atom stereocenters. The van der Waals surface area contributed by atoms with E-state index in [4.69, 9.17) is 11.6 Å². The van der Waals surface area contributed by atoms with E-state index in [9.17, 15) is 0 Å². The van der Waals surface area contributed by atoms with Crippen LogP contribution in [0.2, 0.25) is 5.02 Å². The van der Waals surface area contributed by atoms with Gasteiger partial charge in [-0.05, 0) is 24.1 Å². The molecule has 0 saturated carbocycles. The summed E-state index contributed by atoms with van der Waals surface area (Å²) in [5.74, 6) is 0. The Labute approximate surface area is 118 Å². The van der Waals surface area contributed by atoms with E-state index in [0.717, 1.165) is 23.6 Å². The molecule has 1 aromatic carbocycles. The molecule has 0 bridgehead atoms. The number of nitrogens with zero attached hydrogens (tertiary/aromatic N) is 2. The Kier molecular flexibility index (Phi) is 4.77. The lowest BCUT2D eigenvalue weighted by atomic mass is 10.0. The maximum atomic E-state index is 5.91. The predicted octanol–water partition coefficient (Wildman–Crippen LogP) is 3.88. The van der Waals surface area contributed by atoms with Crippen molar-refractivity contribution >= 4 is 17.8 Å². The zero-order valence-corrected chi connectivity index (χ0v) is 11.8. The van der Waals surface area contributed by atoms with Crippen LogP contribution in [0.3, 0.4) is 0 Å². The first-order chi connectivity index (χ1) is 9.22. The molecular formula is C15H18ClN3. The Morgan fingerprint density at radius 3 is 2.74 bits per heavy atom. The summed E-state index contributed by atoms with van der Waals surface area (Å²) >= 11 is 5.91. The largest absolute Gasteiger partial charge is 0.306 e. The summed E-state index contributed by atoms with van der Waals surface area (Å²) in [5.41, 5.74) is 2.40. The quantitative estimate of drug-likeness (QED) is 0.867. The predicted molar refractivity (Wildman–Crippen MR) is 79.9 cm³/mol. The monoisotopic (exact) mass is 275 g/mol. The van der Waals surface area contributed by atoms with Crippen molar-refractivity contribution in [3.63, 3.8) is 0 Å². The molecule has 0 fully saturated rings. The average Bonchev–Trinajstić information content (AvgIpc) is 2.89. The Morgan fingerprint density at radius 1 is 1.42 bits per heavy atom. The van der Waals surface area contributed by atoms with Crippen molar-refractivity contribution in [1.82, 2.24) is 15.1 Å². The van der Waals surface area contributed by atoms with E-state index < -0.39 is 0 Å². The Bertz CT molecular complexity index is 531. The van der Waals surface area contributed by atoms with Crippen LogP contribution in [0.4, 0.5) is 0 Å². The van der Waals surface area contributed by atoms with Gasteiger partial charge in [0.05, 0.1) is 6.20 Å². The van der Waals surface area contributed by atoms with Gasteiger partial charge in [0.25, 0.3) is 0 Å². The fourth-order valence-corrected chi connectivity index (χ4v) is 2.13. The van der Waals surface area contributed by atoms with Crippen LogP contribution in [-0.4, -0.2) is 9.78 Å². The summed E-state index contributed by atoms with van der Waals surface area (Å²) in [5, 5.41) is 8.46. The van der Waals surface area contributed by atoms with E-state index in [1.807, 2.05) is 24.5 Å². The minimum absolute atomic E-state index is 0.323. The normalized spacial score (nSPS) is 12.3. The number of hydrogen-bond acceptors (Lipinski definition) is 2. The molecule has 0 saturated heterocycles. The molecule has 3 nitrogen and oxygen atoms in total. The van der Waals surface area contributed by atoms with E-state index in [2.05, 4.69) is 36.1 Å².